The molecule has 2 N–H and O–H groups in total. The molecule has 0 fully saturated rings. The van der Waals surface area contributed by atoms with E-state index in [1.807, 2.05) is 0 Å². The van der Waals surface area contributed by atoms with Gasteiger partial charge in [0.2, 0.25) is 0 Å². The van der Waals surface area contributed by atoms with Gasteiger partial charge in [0.05, 0.1) is 5.37 Å². The van der Waals surface area contributed by atoms with Crippen molar-refractivity contribution < 1.29 is 0 Å². The normalized spacial score (nSPS) is 12.9. The maximum Gasteiger partial charge on any atom is 0.0551 e. The van der Waals surface area contributed by atoms with E-state index in [0.29, 0.717) is 0 Å². The molecule has 1 atom stereocenters. The lowest BCUT2D eigenvalue weighted by Crippen LogP contribution is -2.12. The van der Waals surface area contributed by atoms with Crippen LogP contribution in [-0.4, -0.2) is 5.37 Å². The van der Waals surface area contributed by atoms with E-state index in [0.717, 1.165) is 6.42 Å². The molecule has 0 heterocycles. The number of benzene rings is 1. The number of rotatable bonds is 3. The summed E-state index contributed by atoms with van der Waals surface area (Å²) in [6.07, 6.45) is 1.01. The lowest BCUT2D eigenvalue weighted by molar-refractivity contribution is 0.868. The fourth-order valence-corrected chi connectivity index (χ4v) is 2.28. The van der Waals surface area contributed by atoms with Gasteiger partial charge in [-0.05, 0) is 43.5 Å². The molecule has 0 spiro atoms. The SMILES string of the molecule is CCC(N)Sc1cc(C)cc(C)c1. The molecule has 0 aliphatic carbocycles. The Hall–Kier alpha value is -0.470. The first-order valence-electron chi connectivity index (χ1n) is 4.62. The van der Waals surface area contributed by atoms with Gasteiger partial charge in [0.1, 0.15) is 0 Å². The van der Waals surface area contributed by atoms with E-state index < -0.39 is 0 Å². The van der Waals surface area contributed by atoms with Gasteiger partial charge >= 0.3 is 0 Å². The van der Waals surface area contributed by atoms with Crippen molar-refractivity contribution in [2.75, 3.05) is 0 Å². The fourth-order valence-electron chi connectivity index (χ4n) is 1.26. The van der Waals surface area contributed by atoms with Crippen molar-refractivity contribution in [2.24, 2.45) is 5.73 Å². The number of nitrogens with two attached hydrogens (primary N) is 1. The van der Waals surface area contributed by atoms with Crippen LogP contribution in [0.4, 0.5) is 0 Å². The first-order valence-corrected chi connectivity index (χ1v) is 5.50. The van der Waals surface area contributed by atoms with Crippen LogP contribution >= 0.6 is 11.8 Å². The van der Waals surface area contributed by atoms with Gasteiger partial charge in [-0.25, -0.2) is 0 Å². The molecule has 0 amide bonds. The Morgan fingerprint density at radius 1 is 1.23 bits per heavy atom. The summed E-state index contributed by atoms with van der Waals surface area (Å²) in [5, 5.41) is 0.223. The number of aryl methyl sites for hydroxylation is 2. The second kappa shape index (κ2) is 4.68. The van der Waals surface area contributed by atoms with E-state index in [9.17, 15) is 0 Å². The Morgan fingerprint density at radius 2 is 1.77 bits per heavy atom. The zero-order valence-corrected chi connectivity index (χ0v) is 9.32. The number of hydrogen-bond donors (Lipinski definition) is 1. The van der Waals surface area contributed by atoms with Crippen molar-refractivity contribution in [3.8, 4) is 0 Å². The van der Waals surface area contributed by atoms with Crippen molar-refractivity contribution in [1.82, 2.24) is 0 Å². The summed E-state index contributed by atoms with van der Waals surface area (Å²) in [5.74, 6) is 0. The Kier molecular flexibility index (Phi) is 3.82. The third-order valence-corrected chi connectivity index (χ3v) is 3.03. The van der Waals surface area contributed by atoms with Crippen LogP contribution in [0.3, 0.4) is 0 Å². The monoisotopic (exact) mass is 195 g/mol. The van der Waals surface area contributed by atoms with E-state index in [4.69, 9.17) is 5.73 Å². The fraction of sp³-hybridized carbons (Fsp3) is 0.455. The molecule has 2 heteroatoms. The molecule has 1 rings (SSSR count). The van der Waals surface area contributed by atoms with E-state index in [1.54, 1.807) is 11.8 Å². The molecule has 0 bridgehead atoms. The first kappa shape index (κ1) is 10.6. The molecule has 0 aliphatic heterocycles. The summed E-state index contributed by atoms with van der Waals surface area (Å²) >= 11 is 1.75. The third-order valence-electron chi connectivity index (χ3n) is 1.89. The topological polar surface area (TPSA) is 26.0 Å². The van der Waals surface area contributed by atoms with Gasteiger partial charge in [0.15, 0.2) is 0 Å². The molecule has 0 saturated heterocycles. The maximum atomic E-state index is 5.87. The lowest BCUT2D eigenvalue weighted by Gasteiger charge is -2.09. The summed E-state index contributed by atoms with van der Waals surface area (Å²) < 4.78 is 0. The molecule has 72 valence electrons. The van der Waals surface area contributed by atoms with Gasteiger partial charge in [-0.2, -0.15) is 0 Å². The van der Waals surface area contributed by atoms with Crippen molar-refractivity contribution in [1.29, 1.82) is 0 Å². The van der Waals surface area contributed by atoms with Gasteiger partial charge in [0, 0.05) is 4.90 Å². The number of thioether (sulfide) groups is 1. The highest BCUT2D eigenvalue weighted by Crippen LogP contribution is 2.24. The van der Waals surface area contributed by atoms with Crippen molar-refractivity contribution in [3.05, 3.63) is 29.3 Å². The highest BCUT2D eigenvalue weighted by Gasteiger charge is 2.02. The van der Waals surface area contributed by atoms with E-state index in [-0.39, 0.29) is 5.37 Å². The quantitative estimate of drug-likeness (QED) is 0.592. The summed E-state index contributed by atoms with van der Waals surface area (Å²) in [6.45, 7) is 6.35. The van der Waals surface area contributed by atoms with Crippen LogP contribution in [0.2, 0.25) is 0 Å². The summed E-state index contributed by atoms with van der Waals surface area (Å²) in [6, 6.07) is 6.56. The van der Waals surface area contributed by atoms with Gasteiger partial charge in [-0.3, -0.25) is 0 Å². The second-order valence-corrected chi connectivity index (χ2v) is 4.70. The van der Waals surface area contributed by atoms with Crippen LogP contribution in [0.15, 0.2) is 23.1 Å². The molecular formula is C11H17NS. The minimum Gasteiger partial charge on any atom is -0.319 e. The standard InChI is InChI=1S/C11H17NS/c1-4-11(12)13-10-6-8(2)5-9(3)7-10/h5-7,11H,4,12H2,1-3H3. The van der Waals surface area contributed by atoms with Gasteiger partial charge in [-0.1, -0.05) is 13.0 Å². The predicted octanol–water partition coefficient (Wildman–Crippen LogP) is 3.09. The largest absolute Gasteiger partial charge is 0.319 e. The van der Waals surface area contributed by atoms with Gasteiger partial charge in [0.25, 0.3) is 0 Å². The zero-order chi connectivity index (χ0) is 9.84. The highest BCUT2D eigenvalue weighted by atomic mass is 32.2. The number of hydrogen-bond acceptors (Lipinski definition) is 2. The summed E-state index contributed by atoms with van der Waals surface area (Å²) in [4.78, 5) is 1.28. The molecule has 0 saturated carbocycles. The van der Waals surface area contributed by atoms with Crippen molar-refractivity contribution in [2.45, 2.75) is 37.5 Å². The maximum absolute atomic E-state index is 5.87. The van der Waals surface area contributed by atoms with E-state index in [1.165, 1.54) is 16.0 Å². The Bertz CT molecular complexity index is 263. The van der Waals surface area contributed by atoms with E-state index >= 15 is 0 Å². The third kappa shape index (κ3) is 3.41. The van der Waals surface area contributed by atoms with Gasteiger partial charge < -0.3 is 5.73 Å². The molecule has 0 radical (unpaired) electrons. The molecule has 13 heavy (non-hydrogen) atoms. The molecule has 1 aromatic carbocycles. The molecule has 1 nitrogen and oxygen atoms in total. The van der Waals surface area contributed by atoms with Crippen LogP contribution in [0.25, 0.3) is 0 Å². The van der Waals surface area contributed by atoms with Crippen LogP contribution in [0.5, 0.6) is 0 Å². The minimum atomic E-state index is 0.223. The molecule has 1 aromatic rings. The average molecular weight is 195 g/mol. The van der Waals surface area contributed by atoms with Crippen molar-refractivity contribution >= 4 is 11.8 Å². The zero-order valence-electron chi connectivity index (χ0n) is 8.50. The van der Waals surface area contributed by atoms with Crippen LogP contribution in [0.1, 0.15) is 24.5 Å². The molecule has 1 unspecified atom stereocenters. The smallest absolute Gasteiger partial charge is 0.0551 e. The highest BCUT2D eigenvalue weighted by molar-refractivity contribution is 7.99. The molecule has 0 aromatic heterocycles. The second-order valence-electron chi connectivity index (χ2n) is 3.39. The van der Waals surface area contributed by atoms with E-state index in [2.05, 4.69) is 39.0 Å². The van der Waals surface area contributed by atoms with Crippen molar-refractivity contribution in [3.63, 3.8) is 0 Å². The summed E-state index contributed by atoms with van der Waals surface area (Å²) in [7, 11) is 0. The Morgan fingerprint density at radius 3 is 2.23 bits per heavy atom. The van der Waals surface area contributed by atoms with Crippen LogP contribution in [-0.2, 0) is 0 Å². The Balaban J connectivity index is 2.77. The van der Waals surface area contributed by atoms with Crippen LogP contribution in [0, 0.1) is 13.8 Å². The average Bonchev–Trinajstić information content (AvgIpc) is 2.02. The molecule has 0 aliphatic rings. The molecular weight excluding hydrogens is 178 g/mol. The van der Waals surface area contributed by atoms with Crippen LogP contribution < -0.4 is 5.73 Å². The Labute approximate surface area is 84.7 Å². The van der Waals surface area contributed by atoms with Gasteiger partial charge in [-0.15, -0.1) is 11.8 Å². The minimum absolute atomic E-state index is 0.223. The first-order chi connectivity index (χ1) is 6.11. The predicted molar refractivity (Wildman–Crippen MR) is 60.0 cm³/mol. The summed E-state index contributed by atoms with van der Waals surface area (Å²) in [5.41, 5.74) is 8.49. The lowest BCUT2D eigenvalue weighted by atomic mass is 10.2.